The smallest absolute Gasteiger partial charge is 0.325 e. The Morgan fingerprint density at radius 3 is 2.69 bits per heavy atom. The summed E-state index contributed by atoms with van der Waals surface area (Å²) in [5.74, 6) is -1.51. The van der Waals surface area contributed by atoms with E-state index in [9.17, 15) is 14.4 Å². The summed E-state index contributed by atoms with van der Waals surface area (Å²) in [6.45, 7) is 1.03. The summed E-state index contributed by atoms with van der Waals surface area (Å²) in [6.07, 6.45) is 0. The minimum Gasteiger partial charge on any atom is -0.456 e. The molecule has 2 N–H and O–H groups in total. The molecule has 1 amide bonds. The number of nitrogens with one attached hydrogen (secondary N) is 2. The number of carbonyl (C=O) groups excluding carboxylic acids is 3. The number of carbonyl (C=O) groups is 3. The van der Waals surface area contributed by atoms with Crippen molar-refractivity contribution in [1.29, 1.82) is 0 Å². The number of furan rings is 1. The number of rotatable bonds is 6. The topological polar surface area (TPSA) is 101 Å². The first-order chi connectivity index (χ1) is 12.5. The monoisotopic (exact) mass is 418 g/mol. The van der Waals surface area contributed by atoms with E-state index in [1.807, 2.05) is 24.3 Å². The molecule has 0 unspecified atom stereocenters. The molecule has 8 heteroatoms. The van der Waals surface area contributed by atoms with Crippen LogP contribution >= 0.6 is 15.9 Å². The molecule has 1 aromatic carbocycles. The Kier molecular flexibility index (Phi) is 5.22. The zero-order chi connectivity index (χ0) is 18.7. The highest BCUT2D eigenvalue weighted by atomic mass is 79.9. The first-order valence-electron chi connectivity index (χ1n) is 7.75. The van der Waals surface area contributed by atoms with Crippen LogP contribution < -0.4 is 5.32 Å². The van der Waals surface area contributed by atoms with Crippen molar-refractivity contribution in [2.45, 2.75) is 6.92 Å². The molecule has 7 nitrogen and oxygen atoms in total. The standard InChI is InChI=1S/C18H15BrN2O5/c1-10-17(11-4-2-3-5-12(11)21-10)13(22)9-25-16(23)8-20-18(24)14-6-7-15(19)26-14/h2-7,21H,8-9H2,1H3,(H,20,24). The normalized spacial score (nSPS) is 10.7. The van der Waals surface area contributed by atoms with Gasteiger partial charge in [-0.1, -0.05) is 18.2 Å². The van der Waals surface area contributed by atoms with Crippen LogP contribution in [-0.2, 0) is 9.53 Å². The van der Waals surface area contributed by atoms with E-state index >= 15 is 0 Å². The number of para-hydroxylation sites is 1. The fourth-order valence-corrected chi connectivity index (χ4v) is 2.89. The van der Waals surface area contributed by atoms with Crippen molar-refractivity contribution >= 4 is 44.5 Å². The van der Waals surface area contributed by atoms with Crippen LogP contribution in [-0.4, -0.2) is 35.8 Å². The van der Waals surface area contributed by atoms with Crippen LogP contribution in [0.1, 0.15) is 26.6 Å². The second kappa shape index (κ2) is 7.57. The maximum absolute atomic E-state index is 12.4. The largest absolute Gasteiger partial charge is 0.456 e. The lowest BCUT2D eigenvalue weighted by Crippen LogP contribution is -2.31. The van der Waals surface area contributed by atoms with Gasteiger partial charge in [0, 0.05) is 22.2 Å². The molecule has 0 aliphatic heterocycles. The van der Waals surface area contributed by atoms with Gasteiger partial charge in [0.15, 0.2) is 17.0 Å². The van der Waals surface area contributed by atoms with Crippen molar-refractivity contribution in [2.75, 3.05) is 13.2 Å². The van der Waals surface area contributed by atoms with Gasteiger partial charge in [0.25, 0.3) is 5.91 Å². The van der Waals surface area contributed by atoms with Gasteiger partial charge in [0.1, 0.15) is 6.54 Å². The van der Waals surface area contributed by atoms with E-state index in [0.717, 1.165) is 10.9 Å². The molecule has 0 fully saturated rings. The molecule has 0 spiro atoms. The number of aromatic nitrogens is 1. The lowest BCUT2D eigenvalue weighted by Gasteiger charge is -2.05. The molecular formula is C18H15BrN2O5. The Labute approximate surface area is 156 Å². The summed E-state index contributed by atoms with van der Waals surface area (Å²) >= 11 is 3.08. The van der Waals surface area contributed by atoms with Crippen LogP contribution in [0.15, 0.2) is 45.5 Å². The van der Waals surface area contributed by atoms with Gasteiger partial charge in [0.2, 0.25) is 5.78 Å². The summed E-state index contributed by atoms with van der Waals surface area (Å²) in [7, 11) is 0. The van der Waals surface area contributed by atoms with E-state index in [1.54, 1.807) is 13.0 Å². The summed E-state index contributed by atoms with van der Waals surface area (Å²) in [6, 6.07) is 10.4. The van der Waals surface area contributed by atoms with Crippen LogP contribution in [0.25, 0.3) is 10.9 Å². The molecule has 3 aromatic rings. The number of ether oxygens (including phenoxy) is 1. The SMILES string of the molecule is Cc1[nH]c2ccccc2c1C(=O)COC(=O)CNC(=O)c1ccc(Br)o1. The highest BCUT2D eigenvalue weighted by molar-refractivity contribution is 9.10. The number of aromatic amines is 1. The van der Waals surface area contributed by atoms with Crippen LogP contribution in [0, 0.1) is 6.92 Å². The number of H-pyrrole nitrogens is 1. The van der Waals surface area contributed by atoms with Crippen LogP contribution in [0.5, 0.6) is 0 Å². The average molecular weight is 419 g/mol. The van der Waals surface area contributed by atoms with Gasteiger partial charge in [-0.3, -0.25) is 14.4 Å². The van der Waals surface area contributed by atoms with Crippen molar-refractivity contribution in [3.63, 3.8) is 0 Å². The number of hydrogen-bond acceptors (Lipinski definition) is 5. The molecule has 3 rings (SSSR count). The van der Waals surface area contributed by atoms with Crippen molar-refractivity contribution in [1.82, 2.24) is 10.3 Å². The number of ketones is 1. The van der Waals surface area contributed by atoms with Crippen LogP contribution in [0.2, 0.25) is 0 Å². The van der Waals surface area contributed by atoms with Gasteiger partial charge in [-0.25, -0.2) is 0 Å². The third-order valence-corrected chi connectivity index (χ3v) is 4.15. The molecule has 0 saturated heterocycles. The van der Waals surface area contributed by atoms with Crippen molar-refractivity contribution in [3.05, 3.63) is 58.1 Å². The first kappa shape index (κ1) is 17.9. The molecule has 0 aliphatic carbocycles. The average Bonchev–Trinajstić information content (AvgIpc) is 3.20. The maximum Gasteiger partial charge on any atom is 0.325 e. The number of amides is 1. The molecular weight excluding hydrogens is 404 g/mol. The Morgan fingerprint density at radius 1 is 1.19 bits per heavy atom. The van der Waals surface area contributed by atoms with Gasteiger partial charge < -0.3 is 19.5 Å². The Morgan fingerprint density at radius 2 is 1.96 bits per heavy atom. The second-order valence-corrected chi connectivity index (χ2v) is 6.32. The second-order valence-electron chi connectivity index (χ2n) is 5.54. The number of Topliss-reactive ketones (excluding diaryl/α,β-unsaturated/α-hetero) is 1. The number of benzene rings is 1. The molecule has 2 aromatic heterocycles. The third-order valence-electron chi connectivity index (χ3n) is 3.73. The quantitative estimate of drug-likeness (QED) is 0.473. The molecule has 0 radical (unpaired) electrons. The van der Waals surface area contributed by atoms with Gasteiger partial charge in [-0.15, -0.1) is 0 Å². The molecule has 0 saturated carbocycles. The van der Waals surface area contributed by atoms with E-state index < -0.39 is 18.5 Å². The highest BCUT2D eigenvalue weighted by Gasteiger charge is 2.18. The number of hydrogen-bond donors (Lipinski definition) is 2. The molecule has 26 heavy (non-hydrogen) atoms. The molecule has 0 atom stereocenters. The summed E-state index contributed by atoms with van der Waals surface area (Å²) in [4.78, 5) is 39.1. The summed E-state index contributed by atoms with van der Waals surface area (Å²) in [5, 5.41) is 3.15. The van der Waals surface area contributed by atoms with Gasteiger partial charge in [0.05, 0.1) is 0 Å². The fraction of sp³-hybridized carbons (Fsp3) is 0.167. The van der Waals surface area contributed by atoms with E-state index in [-0.39, 0.29) is 18.1 Å². The summed E-state index contributed by atoms with van der Waals surface area (Å²) < 4.78 is 10.4. The lowest BCUT2D eigenvalue weighted by molar-refractivity contribution is -0.141. The van der Waals surface area contributed by atoms with Crippen molar-refractivity contribution in [2.24, 2.45) is 0 Å². The maximum atomic E-state index is 12.4. The number of esters is 1. The minimum atomic E-state index is -0.713. The Bertz CT molecular complexity index is 989. The van der Waals surface area contributed by atoms with Crippen LogP contribution in [0.4, 0.5) is 0 Å². The fourth-order valence-electron chi connectivity index (χ4n) is 2.58. The van der Waals surface area contributed by atoms with E-state index in [4.69, 9.17) is 9.15 Å². The molecule has 134 valence electrons. The summed E-state index contributed by atoms with van der Waals surface area (Å²) in [5.41, 5.74) is 2.05. The van der Waals surface area contributed by atoms with E-state index in [2.05, 4.69) is 26.2 Å². The van der Waals surface area contributed by atoms with Gasteiger partial charge >= 0.3 is 5.97 Å². The zero-order valence-electron chi connectivity index (χ0n) is 13.8. The Hall–Kier alpha value is -2.87. The van der Waals surface area contributed by atoms with Gasteiger partial charge in [-0.2, -0.15) is 0 Å². The number of halogens is 1. The van der Waals surface area contributed by atoms with Crippen molar-refractivity contribution in [3.8, 4) is 0 Å². The molecule has 0 bridgehead atoms. The lowest BCUT2D eigenvalue weighted by atomic mass is 10.1. The zero-order valence-corrected chi connectivity index (χ0v) is 15.4. The highest BCUT2D eigenvalue weighted by Crippen LogP contribution is 2.22. The van der Waals surface area contributed by atoms with Crippen molar-refractivity contribution < 1.29 is 23.5 Å². The van der Waals surface area contributed by atoms with Crippen LogP contribution in [0.3, 0.4) is 0 Å². The number of fused-ring (bicyclic) bond motifs is 1. The van der Waals surface area contributed by atoms with E-state index in [0.29, 0.717) is 15.9 Å². The number of aryl methyl sites for hydroxylation is 1. The van der Waals surface area contributed by atoms with Gasteiger partial charge in [-0.05, 0) is 41.1 Å². The third kappa shape index (κ3) is 3.85. The minimum absolute atomic E-state index is 0.0650. The van der Waals surface area contributed by atoms with E-state index in [1.165, 1.54) is 6.07 Å². The predicted molar refractivity (Wildman–Crippen MR) is 97.1 cm³/mol. The molecule has 0 aliphatic rings. The Balaban J connectivity index is 1.55. The first-order valence-corrected chi connectivity index (χ1v) is 8.54. The predicted octanol–water partition coefficient (Wildman–Crippen LogP) is 2.99. The molecule has 2 heterocycles.